The Bertz CT molecular complexity index is 639. The Balaban J connectivity index is 1.79. The van der Waals surface area contributed by atoms with E-state index in [-0.39, 0.29) is 23.7 Å². The van der Waals surface area contributed by atoms with Crippen molar-refractivity contribution in [2.24, 2.45) is 22.7 Å². The lowest BCUT2D eigenvalue weighted by molar-refractivity contribution is -0.195. The lowest BCUT2D eigenvalue weighted by atomic mass is 9.36. The topological polar surface area (TPSA) is 37.3 Å². The van der Waals surface area contributed by atoms with Crippen molar-refractivity contribution < 1.29 is 18.7 Å². The number of hydrogen-bond donors (Lipinski definition) is 1. The van der Waals surface area contributed by atoms with Gasteiger partial charge in [0.25, 0.3) is 0 Å². The highest BCUT2D eigenvalue weighted by molar-refractivity contribution is 5.76. The number of alkyl halides is 2. The molecule has 0 heterocycles. The quantitative estimate of drug-likeness (QED) is 0.852. The van der Waals surface area contributed by atoms with E-state index in [4.69, 9.17) is 0 Å². The molecule has 1 N–H and O–H groups in total. The van der Waals surface area contributed by atoms with Gasteiger partial charge in [0.1, 0.15) is 0 Å². The fourth-order valence-corrected chi connectivity index (χ4v) is 6.45. The van der Waals surface area contributed by atoms with Gasteiger partial charge in [-0.3, -0.25) is 4.79 Å². The Labute approximate surface area is 141 Å². The summed E-state index contributed by atoms with van der Waals surface area (Å²) in [5.74, 6) is -0.579. The summed E-state index contributed by atoms with van der Waals surface area (Å²) in [7, 11) is 0. The van der Waals surface area contributed by atoms with Gasteiger partial charge in [-0.15, -0.1) is 0 Å². The lowest BCUT2D eigenvalue weighted by Gasteiger charge is -2.67. The van der Waals surface area contributed by atoms with Gasteiger partial charge in [0.05, 0.1) is 5.41 Å². The molecule has 0 aromatic heterocycles. The molecule has 0 radical (unpaired) electrons. The summed E-state index contributed by atoms with van der Waals surface area (Å²) >= 11 is 0. The molecule has 0 aliphatic heterocycles. The fraction of sp³-hybridized carbons (Fsp3) is 0.650. The van der Waals surface area contributed by atoms with Crippen molar-refractivity contribution >= 4 is 5.97 Å². The Morgan fingerprint density at radius 3 is 2.25 bits per heavy atom. The van der Waals surface area contributed by atoms with Gasteiger partial charge in [-0.05, 0) is 60.3 Å². The molecule has 4 fully saturated rings. The van der Waals surface area contributed by atoms with E-state index in [1.54, 1.807) is 0 Å². The Kier molecular flexibility index (Phi) is 3.36. The molecule has 130 valence electrons. The van der Waals surface area contributed by atoms with Crippen molar-refractivity contribution in [2.75, 3.05) is 0 Å². The molecule has 4 heteroatoms. The summed E-state index contributed by atoms with van der Waals surface area (Å²) < 4.78 is 26.5. The number of hydrogen-bond acceptors (Lipinski definition) is 1. The molecule has 24 heavy (non-hydrogen) atoms. The molecule has 2 nitrogen and oxygen atoms in total. The predicted molar refractivity (Wildman–Crippen MR) is 87.0 cm³/mol. The third-order valence-corrected chi connectivity index (χ3v) is 7.52. The van der Waals surface area contributed by atoms with E-state index in [1.165, 1.54) is 5.56 Å². The third-order valence-electron chi connectivity index (χ3n) is 7.52. The zero-order valence-corrected chi connectivity index (χ0v) is 14.0. The number of carboxylic acid groups (broad SMARTS) is 1. The van der Waals surface area contributed by atoms with Crippen LogP contribution in [0.4, 0.5) is 8.78 Å². The molecule has 0 amide bonds. The second-order valence-electron chi connectivity index (χ2n) is 8.72. The molecule has 4 bridgehead atoms. The van der Waals surface area contributed by atoms with Crippen LogP contribution >= 0.6 is 0 Å². The predicted octanol–water partition coefficient (Wildman–Crippen LogP) is 4.88. The van der Waals surface area contributed by atoms with Gasteiger partial charge in [0, 0.05) is 6.42 Å². The molecule has 1 aromatic rings. The van der Waals surface area contributed by atoms with Crippen molar-refractivity contribution in [3.8, 4) is 0 Å². The summed E-state index contributed by atoms with van der Waals surface area (Å²) in [4.78, 5) is 12.1. The normalized spacial score (nSPS) is 43.3. The number of benzene rings is 1. The second-order valence-corrected chi connectivity index (χ2v) is 8.72. The highest BCUT2D eigenvalue weighted by Crippen LogP contribution is 2.72. The summed E-state index contributed by atoms with van der Waals surface area (Å²) in [6.45, 7) is 1.99. The maximum Gasteiger partial charge on any atom is 0.309 e. The first-order valence-electron chi connectivity index (χ1n) is 8.87. The van der Waals surface area contributed by atoms with Crippen molar-refractivity contribution in [1.29, 1.82) is 0 Å². The zero-order chi connectivity index (χ0) is 17.2. The fourth-order valence-electron chi connectivity index (χ4n) is 6.45. The number of carbonyl (C=O) groups is 1. The summed E-state index contributed by atoms with van der Waals surface area (Å²) in [6, 6.07) is 10.2. The maximum absolute atomic E-state index is 13.2. The first-order chi connectivity index (χ1) is 11.3. The smallest absolute Gasteiger partial charge is 0.309 e. The van der Waals surface area contributed by atoms with Crippen LogP contribution in [-0.4, -0.2) is 17.5 Å². The van der Waals surface area contributed by atoms with E-state index in [0.717, 1.165) is 12.8 Å². The summed E-state index contributed by atoms with van der Waals surface area (Å²) in [6.07, 6.45) is 1.09. The largest absolute Gasteiger partial charge is 0.481 e. The molecule has 4 aliphatic carbocycles. The van der Waals surface area contributed by atoms with E-state index < -0.39 is 23.2 Å². The van der Waals surface area contributed by atoms with Crippen molar-refractivity contribution in [3.05, 3.63) is 35.9 Å². The van der Waals surface area contributed by atoms with Crippen LogP contribution in [0.1, 0.15) is 51.0 Å². The van der Waals surface area contributed by atoms with Crippen LogP contribution in [0.15, 0.2) is 30.3 Å². The van der Waals surface area contributed by atoms with Crippen LogP contribution in [0.2, 0.25) is 0 Å². The lowest BCUT2D eigenvalue weighted by Crippen LogP contribution is -2.63. The van der Waals surface area contributed by atoms with Gasteiger partial charge in [0.2, 0.25) is 6.43 Å². The second kappa shape index (κ2) is 5.03. The van der Waals surface area contributed by atoms with Crippen LogP contribution in [0.25, 0.3) is 0 Å². The zero-order valence-electron chi connectivity index (χ0n) is 14.0. The van der Waals surface area contributed by atoms with E-state index in [9.17, 15) is 18.7 Å². The molecular formula is C20H24F2O2. The molecule has 5 rings (SSSR count). The molecule has 2 unspecified atom stereocenters. The van der Waals surface area contributed by atoms with Crippen molar-refractivity contribution in [3.63, 3.8) is 0 Å². The van der Waals surface area contributed by atoms with Gasteiger partial charge in [-0.2, -0.15) is 0 Å². The van der Waals surface area contributed by atoms with Gasteiger partial charge < -0.3 is 5.11 Å². The van der Waals surface area contributed by atoms with E-state index in [0.29, 0.717) is 19.3 Å². The van der Waals surface area contributed by atoms with E-state index in [1.807, 2.05) is 25.1 Å². The van der Waals surface area contributed by atoms with Gasteiger partial charge in [0.15, 0.2) is 0 Å². The Hall–Kier alpha value is -1.45. The Morgan fingerprint density at radius 1 is 1.17 bits per heavy atom. The van der Waals surface area contributed by atoms with Crippen LogP contribution in [0, 0.1) is 22.7 Å². The number of halogens is 2. The molecule has 4 aliphatic rings. The number of carboxylic acids is 1. The molecule has 4 saturated carbocycles. The van der Waals surface area contributed by atoms with Crippen molar-refractivity contribution in [2.45, 2.75) is 57.3 Å². The molecule has 0 spiro atoms. The van der Waals surface area contributed by atoms with E-state index >= 15 is 0 Å². The van der Waals surface area contributed by atoms with Crippen LogP contribution < -0.4 is 0 Å². The molecular weight excluding hydrogens is 310 g/mol. The highest BCUT2D eigenvalue weighted by atomic mass is 19.3. The minimum atomic E-state index is -2.32. The minimum Gasteiger partial charge on any atom is -0.481 e. The van der Waals surface area contributed by atoms with E-state index in [2.05, 4.69) is 12.1 Å². The Morgan fingerprint density at radius 2 is 1.75 bits per heavy atom. The summed E-state index contributed by atoms with van der Waals surface area (Å²) in [5, 5.41) is 9.94. The summed E-state index contributed by atoms with van der Waals surface area (Å²) in [5.41, 5.74) is -0.0912. The minimum absolute atomic E-state index is 0.0732. The van der Waals surface area contributed by atoms with Gasteiger partial charge in [-0.1, -0.05) is 37.3 Å². The molecule has 2 atom stereocenters. The van der Waals surface area contributed by atoms with Crippen LogP contribution in [-0.2, 0) is 10.2 Å². The third kappa shape index (κ3) is 2.07. The monoisotopic (exact) mass is 334 g/mol. The van der Waals surface area contributed by atoms with Crippen molar-refractivity contribution in [1.82, 2.24) is 0 Å². The maximum atomic E-state index is 13.2. The SMILES string of the molecule is CC1(CC(F)F)C2CC3(C(=O)O)CC1CC(c1ccccc1)(C2)C3. The molecule has 0 saturated heterocycles. The first-order valence-corrected chi connectivity index (χ1v) is 8.87. The number of rotatable bonds is 4. The standard InChI is InChI=1S/C20H24F2O2/c1-18(11-16(21)22)14-7-19(13-5-3-2-4-6-13)8-15(18)10-20(9-14,12-19)17(23)24/h2-6,14-16H,7-12H2,1H3,(H,23,24). The van der Waals surface area contributed by atoms with Gasteiger partial charge >= 0.3 is 5.97 Å². The number of aliphatic carboxylic acids is 1. The average Bonchev–Trinajstić information content (AvgIpc) is 2.52. The van der Waals surface area contributed by atoms with Gasteiger partial charge in [-0.25, -0.2) is 8.78 Å². The average molecular weight is 334 g/mol. The highest BCUT2D eigenvalue weighted by Gasteiger charge is 2.67. The first kappa shape index (κ1) is 16.0. The van der Waals surface area contributed by atoms with Crippen LogP contribution in [0.3, 0.4) is 0 Å². The molecule has 1 aromatic carbocycles. The van der Waals surface area contributed by atoms with Crippen LogP contribution in [0.5, 0.6) is 0 Å².